The average molecular weight is 357 g/mol. The first-order valence-electron chi connectivity index (χ1n) is 9.05. The van der Waals surface area contributed by atoms with Gasteiger partial charge in [-0.1, -0.05) is 18.2 Å². The van der Waals surface area contributed by atoms with Crippen LogP contribution in [0.3, 0.4) is 0 Å². The molecule has 0 aromatic heterocycles. The van der Waals surface area contributed by atoms with E-state index in [1.165, 1.54) is 12.1 Å². The Labute approximate surface area is 153 Å². The summed E-state index contributed by atoms with van der Waals surface area (Å²) in [5.74, 6) is 1.77. The van der Waals surface area contributed by atoms with Gasteiger partial charge in [-0.2, -0.15) is 0 Å². The highest BCUT2D eigenvalue weighted by molar-refractivity contribution is 5.76. The van der Waals surface area contributed by atoms with Crippen molar-refractivity contribution in [3.8, 4) is 11.5 Å². The van der Waals surface area contributed by atoms with E-state index < -0.39 is 0 Å². The molecule has 2 aromatic carbocycles. The van der Waals surface area contributed by atoms with Gasteiger partial charge >= 0.3 is 0 Å². The zero-order valence-electron chi connectivity index (χ0n) is 14.8. The topological polar surface area (TPSA) is 38.8 Å². The third-order valence-corrected chi connectivity index (χ3v) is 4.59. The van der Waals surface area contributed by atoms with Gasteiger partial charge in [0.05, 0.1) is 19.6 Å². The first-order chi connectivity index (χ1) is 12.7. The molecule has 1 aliphatic heterocycles. The molecular weight excluding hydrogens is 333 g/mol. The van der Waals surface area contributed by atoms with Gasteiger partial charge in [-0.3, -0.25) is 4.79 Å². The highest BCUT2D eigenvalue weighted by atomic mass is 19.1. The molecule has 1 aliphatic rings. The second-order valence-corrected chi connectivity index (χ2v) is 6.50. The normalized spacial score (nSPS) is 14.9. The Balaban J connectivity index is 1.33. The molecule has 5 heteroatoms. The zero-order valence-corrected chi connectivity index (χ0v) is 14.8. The van der Waals surface area contributed by atoms with Crippen LogP contribution in [-0.4, -0.2) is 37.1 Å². The molecule has 0 atom stereocenters. The lowest BCUT2D eigenvalue weighted by molar-refractivity contribution is -0.133. The second-order valence-electron chi connectivity index (χ2n) is 6.50. The molecule has 0 radical (unpaired) electrons. The van der Waals surface area contributed by atoms with Crippen molar-refractivity contribution in [3.05, 3.63) is 60.4 Å². The third-order valence-electron chi connectivity index (χ3n) is 4.59. The van der Waals surface area contributed by atoms with Crippen molar-refractivity contribution in [2.24, 2.45) is 5.92 Å². The molecule has 26 heavy (non-hydrogen) atoms. The average Bonchev–Trinajstić information content (AvgIpc) is 2.69. The third kappa shape index (κ3) is 5.48. The van der Waals surface area contributed by atoms with E-state index in [0.29, 0.717) is 31.3 Å². The van der Waals surface area contributed by atoms with Gasteiger partial charge < -0.3 is 14.4 Å². The number of ether oxygens (including phenoxy) is 2. The minimum absolute atomic E-state index is 0.138. The summed E-state index contributed by atoms with van der Waals surface area (Å²) in [5, 5.41) is 0. The van der Waals surface area contributed by atoms with Gasteiger partial charge in [-0.25, -0.2) is 4.39 Å². The second kappa shape index (κ2) is 9.22. The van der Waals surface area contributed by atoms with Crippen molar-refractivity contribution in [2.45, 2.75) is 19.3 Å². The smallest absolute Gasteiger partial charge is 0.225 e. The Hall–Kier alpha value is -2.56. The van der Waals surface area contributed by atoms with Crippen LogP contribution in [0, 0.1) is 11.7 Å². The number of likely N-dealkylation sites (tertiary alicyclic amines) is 1. The minimum atomic E-state index is -0.264. The van der Waals surface area contributed by atoms with Crippen molar-refractivity contribution in [1.29, 1.82) is 0 Å². The van der Waals surface area contributed by atoms with Crippen LogP contribution >= 0.6 is 0 Å². The first kappa shape index (κ1) is 18.2. The predicted molar refractivity (Wildman–Crippen MR) is 97.8 cm³/mol. The summed E-state index contributed by atoms with van der Waals surface area (Å²) in [7, 11) is 0. The molecule has 1 amide bonds. The van der Waals surface area contributed by atoms with Crippen LogP contribution in [0.5, 0.6) is 11.5 Å². The Morgan fingerprint density at radius 2 is 1.62 bits per heavy atom. The number of nitrogens with zero attached hydrogens (tertiary/aromatic N) is 1. The maximum atomic E-state index is 12.9. The number of halogens is 1. The van der Waals surface area contributed by atoms with Crippen molar-refractivity contribution >= 4 is 5.91 Å². The monoisotopic (exact) mass is 357 g/mol. The van der Waals surface area contributed by atoms with Crippen molar-refractivity contribution in [2.75, 3.05) is 26.3 Å². The van der Waals surface area contributed by atoms with Crippen molar-refractivity contribution in [1.82, 2.24) is 4.90 Å². The molecule has 0 unspecified atom stereocenters. The fourth-order valence-electron chi connectivity index (χ4n) is 3.02. The van der Waals surface area contributed by atoms with Crippen LogP contribution in [-0.2, 0) is 4.79 Å². The number of rotatable bonds is 7. The molecule has 138 valence electrons. The van der Waals surface area contributed by atoms with Crippen molar-refractivity contribution < 1.29 is 18.7 Å². The van der Waals surface area contributed by atoms with Gasteiger partial charge in [-0.05, 0) is 55.2 Å². The van der Waals surface area contributed by atoms with E-state index in [4.69, 9.17) is 9.47 Å². The number of carbonyl (C=O) groups is 1. The predicted octanol–water partition coefficient (Wildman–Crippen LogP) is 3.91. The lowest BCUT2D eigenvalue weighted by Gasteiger charge is -2.32. The minimum Gasteiger partial charge on any atom is -0.493 e. The number of carbonyl (C=O) groups excluding carboxylic acids is 1. The Morgan fingerprint density at radius 1 is 0.962 bits per heavy atom. The van der Waals surface area contributed by atoms with Crippen LogP contribution in [0.2, 0.25) is 0 Å². The summed E-state index contributed by atoms with van der Waals surface area (Å²) < 4.78 is 24.2. The van der Waals surface area contributed by atoms with E-state index in [9.17, 15) is 9.18 Å². The maximum Gasteiger partial charge on any atom is 0.225 e. The number of amides is 1. The molecule has 0 saturated carbocycles. The molecule has 3 rings (SSSR count). The number of hydrogen-bond acceptors (Lipinski definition) is 3. The molecular formula is C21H24FNO3. The summed E-state index contributed by atoms with van der Waals surface area (Å²) >= 11 is 0. The van der Waals surface area contributed by atoms with E-state index in [-0.39, 0.29) is 11.7 Å². The Morgan fingerprint density at radius 3 is 2.31 bits per heavy atom. The highest BCUT2D eigenvalue weighted by Gasteiger charge is 2.23. The van der Waals surface area contributed by atoms with Gasteiger partial charge in [0.2, 0.25) is 5.91 Å². The molecule has 1 fully saturated rings. The Bertz CT molecular complexity index is 682. The fraction of sp³-hybridized carbons (Fsp3) is 0.381. The van der Waals surface area contributed by atoms with Gasteiger partial charge in [0.15, 0.2) is 0 Å². The SMILES string of the molecule is O=C(CCOc1ccccc1)N1CCC(COc2ccc(F)cc2)CC1. The highest BCUT2D eigenvalue weighted by Crippen LogP contribution is 2.20. The summed E-state index contributed by atoms with van der Waals surface area (Å²) in [5.41, 5.74) is 0. The molecule has 0 aliphatic carbocycles. The first-order valence-corrected chi connectivity index (χ1v) is 9.05. The molecule has 2 aromatic rings. The fourth-order valence-corrected chi connectivity index (χ4v) is 3.02. The summed E-state index contributed by atoms with van der Waals surface area (Å²) in [6.45, 7) is 2.50. The standard InChI is InChI=1S/C21H24FNO3/c22-18-6-8-20(9-7-18)26-16-17-10-13-23(14-11-17)21(24)12-15-25-19-4-2-1-3-5-19/h1-9,17H,10-16H2. The van der Waals surface area contributed by atoms with Gasteiger partial charge in [-0.15, -0.1) is 0 Å². The van der Waals surface area contributed by atoms with Crippen LogP contribution in [0.1, 0.15) is 19.3 Å². The molecule has 1 saturated heterocycles. The molecule has 4 nitrogen and oxygen atoms in total. The summed E-state index contributed by atoms with van der Waals surface area (Å²) in [6.07, 6.45) is 2.24. The van der Waals surface area contributed by atoms with Gasteiger partial charge in [0.25, 0.3) is 0 Å². The largest absolute Gasteiger partial charge is 0.493 e. The number of benzene rings is 2. The number of hydrogen-bond donors (Lipinski definition) is 0. The Kier molecular flexibility index (Phi) is 6.47. The molecule has 1 heterocycles. The van der Waals surface area contributed by atoms with E-state index >= 15 is 0 Å². The van der Waals surface area contributed by atoms with Gasteiger partial charge in [0.1, 0.15) is 17.3 Å². The maximum absolute atomic E-state index is 12.9. The summed E-state index contributed by atoms with van der Waals surface area (Å²) in [6, 6.07) is 15.6. The van der Waals surface area contributed by atoms with Crippen LogP contribution in [0.25, 0.3) is 0 Å². The molecule has 0 N–H and O–H groups in total. The number of para-hydroxylation sites is 1. The molecule has 0 spiro atoms. The number of piperidine rings is 1. The zero-order chi connectivity index (χ0) is 18.2. The lowest BCUT2D eigenvalue weighted by atomic mass is 9.97. The quantitative estimate of drug-likeness (QED) is 0.754. The van der Waals surface area contributed by atoms with E-state index in [2.05, 4.69) is 0 Å². The van der Waals surface area contributed by atoms with Gasteiger partial charge in [0, 0.05) is 13.1 Å². The van der Waals surface area contributed by atoms with E-state index in [1.54, 1.807) is 12.1 Å². The van der Waals surface area contributed by atoms with E-state index in [1.807, 2.05) is 35.2 Å². The van der Waals surface area contributed by atoms with Crippen LogP contribution in [0.4, 0.5) is 4.39 Å². The van der Waals surface area contributed by atoms with Crippen LogP contribution in [0.15, 0.2) is 54.6 Å². The summed E-state index contributed by atoms with van der Waals surface area (Å²) in [4.78, 5) is 14.2. The molecule has 0 bridgehead atoms. The van der Waals surface area contributed by atoms with Crippen LogP contribution < -0.4 is 9.47 Å². The van der Waals surface area contributed by atoms with E-state index in [0.717, 1.165) is 31.7 Å². The lowest BCUT2D eigenvalue weighted by Crippen LogP contribution is -2.40. The van der Waals surface area contributed by atoms with Crippen molar-refractivity contribution in [3.63, 3.8) is 0 Å².